The Bertz CT molecular complexity index is 329. The first-order valence-electron chi connectivity index (χ1n) is 5.92. The average molecular weight is 285 g/mol. The van der Waals surface area contributed by atoms with Crippen molar-refractivity contribution in [1.82, 2.24) is 9.97 Å². The molecule has 0 aliphatic heterocycles. The van der Waals surface area contributed by atoms with Gasteiger partial charge < -0.3 is 4.74 Å². The molecular weight excluding hydrogens is 268 g/mol. The molecule has 0 atom stereocenters. The van der Waals surface area contributed by atoms with Crippen molar-refractivity contribution in [2.75, 3.05) is 0 Å². The smallest absolute Gasteiger partial charge is 0.217 e. The Labute approximate surface area is 105 Å². The number of hydrogen-bond acceptors (Lipinski definition) is 3. The summed E-state index contributed by atoms with van der Waals surface area (Å²) in [6.07, 6.45) is 7.87. The summed E-state index contributed by atoms with van der Waals surface area (Å²) in [5.74, 6) is 1.45. The quantitative estimate of drug-likeness (QED) is 0.614. The van der Waals surface area contributed by atoms with Gasteiger partial charge >= 0.3 is 0 Å². The molecule has 1 aliphatic carbocycles. The van der Waals surface area contributed by atoms with Crippen LogP contribution in [0.3, 0.4) is 0 Å². The predicted molar refractivity (Wildman–Crippen MR) is 66.6 cm³/mol. The normalized spacial score (nSPS) is 18.1. The lowest BCUT2D eigenvalue weighted by atomic mass is 10.1. The maximum absolute atomic E-state index is 5.92. The Morgan fingerprint density at radius 3 is 2.50 bits per heavy atom. The fraction of sp³-hybridized carbons (Fsp3) is 0.667. The summed E-state index contributed by atoms with van der Waals surface area (Å²) in [6.45, 7) is 1.88. The highest BCUT2D eigenvalue weighted by Gasteiger charge is 2.14. The summed E-state index contributed by atoms with van der Waals surface area (Å²) in [6, 6.07) is 1.85. The minimum absolute atomic E-state index is 0.337. The topological polar surface area (TPSA) is 35.0 Å². The van der Waals surface area contributed by atoms with Crippen LogP contribution in [0.1, 0.15) is 44.3 Å². The molecule has 0 N–H and O–H groups in total. The molecule has 2 rings (SSSR count). The van der Waals surface area contributed by atoms with Crippen molar-refractivity contribution in [2.24, 2.45) is 0 Å². The highest BCUT2D eigenvalue weighted by atomic mass is 79.9. The van der Waals surface area contributed by atoms with Gasteiger partial charge in [-0.1, -0.05) is 12.8 Å². The van der Waals surface area contributed by atoms with Crippen LogP contribution in [0, 0.1) is 6.92 Å². The first-order chi connectivity index (χ1) is 7.74. The molecule has 0 aromatic carbocycles. The number of aromatic nitrogens is 2. The van der Waals surface area contributed by atoms with E-state index in [0.717, 1.165) is 23.3 Å². The van der Waals surface area contributed by atoms with E-state index in [-0.39, 0.29) is 0 Å². The number of aryl methyl sites for hydroxylation is 1. The second-order valence-corrected chi connectivity index (χ2v) is 5.12. The average Bonchev–Trinajstić information content (AvgIpc) is 2.44. The van der Waals surface area contributed by atoms with Crippen molar-refractivity contribution in [3.05, 3.63) is 16.5 Å². The van der Waals surface area contributed by atoms with Crippen LogP contribution < -0.4 is 4.74 Å². The van der Waals surface area contributed by atoms with E-state index < -0.39 is 0 Å². The van der Waals surface area contributed by atoms with Crippen LogP contribution in [-0.4, -0.2) is 16.1 Å². The summed E-state index contributed by atoms with van der Waals surface area (Å²) in [4.78, 5) is 8.47. The molecule has 16 heavy (non-hydrogen) atoms. The number of halogens is 1. The van der Waals surface area contributed by atoms with Gasteiger partial charge in [0.25, 0.3) is 0 Å². The molecule has 1 aromatic rings. The summed E-state index contributed by atoms with van der Waals surface area (Å²) in [5.41, 5.74) is 0. The Morgan fingerprint density at radius 2 is 1.88 bits per heavy atom. The molecule has 1 saturated carbocycles. The fourth-order valence-corrected chi connectivity index (χ4v) is 2.55. The molecular formula is C12H17BrN2O. The third-order valence-electron chi connectivity index (χ3n) is 2.87. The second-order valence-electron chi connectivity index (χ2n) is 4.31. The monoisotopic (exact) mass is 284 g/mol. The van der Waals surface area contributed by atoms with Crippen molar-refractivity contribution >= 4 is 15.9 Å². The molecule has 1 fully saturated rings. The highest BCUT2D eigenvalue weighted by molar-refractivity contribution is 9.10. The van der Waals surface area contributed by atoms with E-state index in [1.54, 1.807) is 0 Å². The van der Waals surface area contributed by atoms with Crippen LogP contribution in [0.25, 0.3) is 0 Å². The third-order valence-corrected chi connectivity index (χ3v) is 3.28. The molecule has 0 bridgehead atoms. The first kappa shape index (κ1) is 11.8. The lowest BCUT2D eigenvalue weighted by Gasteiger charge is -2.16. The van der Waals surface area contributed by atoms with Crippen LogP contribution in [0.15, 0.2) is 10.7 Å². The molecule has 3 nitrogen and oxygen atoms in total. The van der Waals surface area contributed by atoms with Crippen molar-refractivity contribution in [3.8, 4) is 5.88 Å². The van der Waals surface area contributed by atoms with E-state index in [2.05, 4.69) is 25.9 Å². The molecule has 0 spiro atoms. The van der Waals surface area contributed by atoms with Gasteiger partial charge in [0.15, 0.2) is 0 Å². The van der Waals surface area contributed by atoms with Gasteiger partial charge in [-0.25, -0.2) is 4.98 Å². The minimum atomic E-state index is 0.337. The zero-order chi connectivity index (χ0) is 11.4. The Kier molecular flexibility index (Phi) is 4.16. The van der Waals surface area contributed by atoms with Crippen molar-refractivity contribution in [2.45, 2.75) is 51.6 Å². The Balaban J connectivity index is 2.01. The van der Waals surface area contributed by atoms with E-state index in [1.165, 1.54) is 25.7 Å². The lowest BCUT2D eigenvalue weighted by Crippen LogP contribution is -2.16. The van der Waals surface area contributed by atoms with E-state index >= 15 is 0 Å². The highest BCUT2D eigenvalue weighted by Crippen LogP contribution is 2.23. The standard InChI is InChI=1S/C12H17BrN2O/c1-9-14-11(13)8-12(15-9)16-10-6-4-2-3-5-7-10/h8,10H,2-7H2,1H3. The van der Waals surface area contributed by atoms with Gasteiger partial charge in [0.2, 0.25) is 5.88 Å². The van der Waals surface area contributed by atoms with Gasteiger partial charge in [0.05, 0.1) is 0 Å². The van der Waals surface area contributed by atoms with Gasteiger partial charge in [-0.2, -0.15) is 4.98 Å². The maximum atomic E-state index is 5.92. The van der Waals surface area contributed by atoms with Crippen LogP contribution in [0.4, 0.5) is 0 Å². The van der Waals surface area contributed by atoms with E-state index in [0.29, 0.717) is 12.0 Å². The van der Waals surface area contributed by atoms with Gasteiger partial charge in [-0.3, -0.25) is 0 Å². The molecule has 1 heterocycles. The van der Waals surface area contributed by atoms with Crippen molar-refractivity contribution < 1.29 is 4.74 Å². The van der Waals surface area contributed by atoms with E-state index in [1.807, 2.05) is 13.0 Å². The number of hydrogen-bond donors (Lipinski definition) is 0. The molecule has 4 heteroatoms. The van der Waals surface area contributed by atoms with Crippen molar-refractivity contribution in [3.63, 3.8) is 0 Å². The molecule has 0 radical (unpaired) electrons. The van der Waals surface area contributed by atoms with Crippen LogP contribution in [0.5, 0.6) is 5.88 Å². The summed E-state index contributed by atoms with van der Waals surface area (Å²) in [5, 5.41) is 0. The molecule has 0 unspecified atom stereocenters. The Hall–Kier alpha value is -0.640. The van der Waals surface area contributed by atoms with Crippen LogP contribution in [-0.2, 0) is 0 Å². The first-order valence-corrected chi connectivity index (χ1v) is 6.71. The molecule has 1 aromatic heterocycles. The van der Waals surface area contributed by atoms with Gasteiger partial charge in [-0.05, 0) is 48.5 Å². The summed E-state index contributed by atoms with van der Waals surface area (Å²) >= 11 is 3.36. The Morgan fingerprint density at radius 1 is 1.19 bits per heavy atom. The largest absolute Gasteiger partial charge is 0.474 e. The number of ether oxygens (including phenoxy) is 1. The maximum Gasteiger partial charge on any atom is 0.217 e. The molecule has 88 valence electrons. The zero-order valence-electron chi connectivity index (χ0n) is 9.58. The fourth-order valence-electron chi connectivity index (χ4n) is 2.10. The van der Waals surface area contributed by atoms with E-state index in [4.69, 9.17) is 4.74 Å². The van der Waals surface area contributed by atoms with Crippen molar-refractivity contribution in [1.29, 1.82) is 0 Å². The SMILES string of the molecule is Cc1nc(Br)cc(OC2CCCCCC2)n1. The summed E-state index contributed by atoms with van der Waals surface area (Å²) in [7, 11) is 0. The summed E-state index contributed by atoms with van der Waals surface area (Å²) < 4.78 is 6.71. The van der Waals surface area contributed by atoms with Crippen LogP contribution in [0.2, 0.25) is 0 Å². The second kappa shape index (κ2) is 5.62. The predicted octanol–water partition coefficient (Wildman–Crippen LogP) is 3.65. The van der Waals surface area contributed by atoms with E-state index in [9.17, 15) is 0 Å². The number of rotatable bonds is 2. The minimum Gasteiger partial charge on any atom is -0.474 e. The lowest BCUT2D eigenvalue weighted by molar-refractivity contribution is 0.175. The molecule has 1 aliphatic rings. The van der Waals surface area contributed by atoms with Gasteiger partial charge in [-0.15, -0.1) is 0 Å². The van der Waals surface area contributed by atoms with Gasteiger partial charge in [0.1, 0.15) is 16.5 Å². The molecule has 0 amide bonds. The van der Waals surface area contributed by atoms with Crippen LogP contribution >= 0.6 is 15.9 Å². The third kappa shape index (κ3) is 3.44. The zero-order valence-corrected chi connectivity index (χ0v) is 11.2. The van der Waals surface area contributed by atoms with Gasteiger partial charge in [0, 0.05) is 6.07 Å². The number of nitrogens with zero attached hydrogens (tertiary/aromatic N) is 2. The molecule has 0 saturated heterocycles.